The first-order valence-corrected chi connectivity index (χ1v) is 11.2. The van der Waals surface area contributed by atoms with E-state index < -0.39 is 11.6 Å². The molecule has 1 N–H and O–H groups in total. The third kappa shape index (κ3) is 3.70. The summed E-state index contributed by atoms with van der Waals surface area (Å²) in [4.78, 5) is 39.2. The van der Waals surface area contributed by atoms with Crippen LogP contribution in [0.3, 0.4) is 0 Å². The van der Waals surface area contributed by atoms with E-state index in [2.05, 4.69) is 26.1 Å². The summed E-state index contributed by atoms with van der Waals surface area (Å²) < 4.78 is 8.36. The summed E-state index contributed by atoms with van der Waals surface area (Å²) >= 11 is 0. The summed E-state index contributed by atoms with van der Waals surface area (Å²) in [5.74, 6) is 0.740. The van der Waals surface area contributed by atoms with Crippen LogP contribution < -0.4 is 21.3 Å². The number of nitrogens with one attached hydrogen (secondary N) is 1. The van der Waals surface area contributed by atoms with Gasteiger partial charge in [-0.25, -0.2) is 4.79 Å². The van der Waals surface area contributed by atoms with E-state index in [4.69, 9.17) is 4.74 Å². The molecule has 170 valence electrons. The predicted molar refractivity (Wildman–Crippen MR) is 124 cm³/mol. The van der Waals surface area contributed by atoms with Crippen LogP contribution in [0, 0.1) is 5.41 Å². The minimum Gasteiger partial charge on any atom is -0.494 e. The minimum absolute atomic E-state index is 0.0404. The molecule has 0 spiro atoms. The lowest BCUT2D eigenvalue weighted by Crippen LogP contribution is -2.45. The summed E-state index contributed by atoms with van der Waals surface area (Å²) in [5, 5.41) is 3.29. The summed E-state index contributed by atoms with van der Waals surface area (Å²) in [6, 6.07) is 7.61. The van der Waals surface area contributed by atoms with Gasteiger partial charge >= 0.3 is 5.69 Å². The Morgan fingerprint density at radius 2 is 1.75 bits per heavy atom. The maximum Gasteiger partial charge on any atom is 0.332 e. The molecule has 1 aliphatic carbocycles. The highest BCUT2D eigenvalue weighted by Gasteiger charge is 2.42. The quantitative estimate of drug-likeness (QED) is 0.725. The van der Waals surface area contributed by atoms with Crippen LogP contribution >= 0.6 is 0 Å². The van der Waals surface area contributed by atoms with E-state index in [1.165, 1.54) is 11.6 Å². The minimum atomic E-state index is -0.528. The van der Waals surface area contributed by atoms with Gasteiger partial charge in [-0.2, -0.15) is 0 Å². The van der Waals surface area contributed by atoms with Crippen LogP contribution in [0.5, 0.6) is 5.75 Å². The lowest BCUT2D eigenvalue weighted by Gasteiger charge is -2.39. The average molecular weight is 438 g/mol. The van der Waals surface area contributed by atoms with Gasteiger partial charge < -0.3 is 10.1 Å². The zero-order chi connectivity index (χ0) is 23.2. The van der Waals surface area contributed by atoms with Crippen molar-refractivity contribution in [3.63, 3.8) is 0 Å². The zero-order valence-corrected chi connectivity index (χ0v) is 19.4. The van der Waals surface area contributed by atoms with E-state index in [9.17, 15) is 14.4 Å². The number of carbonyl (C=O) groups is 1. The number of ketones is 1. The highest BCUT2D eigenvalue weighted by molar-refractivity contribution is 6.01. The topological polar surface area (TPSA) is 82.3 Å². The number of aromatic nitrogens is 2. The Morgan fingerprint density at radius 3 is 2.41 bits per heavy atom. The van der Waals surface area contributed by atoms with Crippen molar-refractivity contribution in [3.8, 4) is 5.75 Å². The molecule has 4 rings (SSSR count). The highest BCUT2D eigenvalue weighted by atomic mass is 16.5. The number of fused-ring (bicyclic) bond motifs is 1. The van der Waals surface area contributed by atoms with Crippen LogP contribution in [0.2, 0.25) is 0 Å². The monoisotopic (exact) mass is 437 g/mol. The lowest BCUT2D eigenvalue weighted by molar-refractivity contribution is -0.118. The highest BCUT2D eigenvalue weighted by Crippen LogP contribution is 2.47. The fourth-order valence-electron chi connectivity index (χ4n) is 4.77. The van der Waals surface area contributed by atoms with Crippen molar-refractivity contribution in [2.45, 2.75) is 52.4 Å². The number of unbranched alkanes of at least 4 members (excludes halogenated alkanes) is 1. The van der Waals surface area contributed by atoms with Gasteiger partial charge in [0, 0.05) is 37.7 Å². The summed E-state index contributed by atoms with van der Waals surface area (Å²) in [5.41, 5.74) is 1.73. The van der Waals surface area contributed by atoms with E-state index in [0.717, 1.165) is 34.4 Å². The first kappa shape index (κ1) is 22.1. The number of hydrogen-bond donors (Lipinski definition) is 1. The number of carbonyl (C=O) groups excluding carboxylic acids is 1. The number of Topliss-reactive ketones (excluding diaryl/α,β-unsaturated/α-hetero) is 1. The molecule has 7 heteroatoms. The smallest absolute Gasteiger partial charge is 0.332 e. The van der Waals surface area contributed by atoms with Crippen LogP contribution in [0.25, 0.3) is 0 Å². The molecule has 0 fully saturated rings. The Morgan fingerprint density at radius 1 is 1.06 bits per heavy atom. The molecule has 0 unspecified atom stereocenters. The standard InChI is InChI=1S/C25H31N3O4/c1-6-7-12-32-16-10-8-15(9-11-16)19-20-17(13-25(2,3)14-18(20)29)26-22-21(19)23(30)28(5)24(31)27(22)4/h8-11,19,26H,6-7,12-14H2,1-5H3/t19-/m0/s1. The summed E-state index contributed by atoms with van der Waals surface area (Å²) in [6.07, 6.45) is 3.13. The Kier molecular flexibility index (Phi) is 5.61. The van der Waals surface area contributed by atoms with E-state index in [-0.39, 0.29) is 16.8 Å². The zero-order valence-electron chi connectivity index (χ0n) is 19.4. The van der Waals surface area contributed by atoms with Gasteiger partial charge in [-0.15, -0.1) is 0 Å². The molecule has 1 atom stereocenters. The molecule has 0 saturated carbocycles. The molecule has 2 aromatic rings. The fourth-order valence-corrected chi connectivity index (χ4v) is 4.77. The molecule has 1 aliphatic heterocycles. The van der Waals surface area contributed by atoms with Crippen LogP contribution in [0.4, 0.5) is 5.82 Å². The third-order valence-corrected chi connectivity index (χ3v) is 6.45. The van der Waals surface area contributed by atoms with E-state index >= 15 is 0 Å². The fraction of sp³-hybridized carbons (Fsp3) is 0.480. The van der Waals surface area contributed by atoms with Crippen molar-refractivity contribution in [2.75, 3.05) is 11.9 Å². The number of hydrogen-bond acceptors (Lipinski definition) is 5. The van der Waals surface area contributed by atoms with Gasteiger partial charge in [0.15, 0.2) is 5.78 Å². The van der Waals surface area contributed by atoms with Crippen molar-refractivity contribution in [3.05, 3.63) is 67.5 Å². The van der Waals surface area contributed by atoms with Crippen LogP contribution in [0.15, 0.2) is 45.1 Å². The van der Waals surface area contributed by atoms with Crippen LogP contribution in [-0.2, 0) is 18.9 Å². The Labute approximate surface area is 187 Å². The molecule has 0 amide bonds. The Bertz CT molecular complexity index is 1220. The van der Waals surface area contributed by atoms with Crippen LogP contribution in [-0.4, -0.2) is 21.5 Å². The molecule has 1 aromatic carbocycles. The summed E-state index contributed by atoms with van der Waals surface area (Å²) in [6.45, 7) is 6.89. The molecule has 2 heterocycles. The molecule has 32 heavy (non-hydrogen) atoms. The van der Waals surface area contributed by atoms with Gasteiger partial charge in [-0.1, -0.05) is 39.3 Å². The maximum atomic E-state index is 13.3. The van der Waals surface area contributed by atoms with Gasteiger partial charge in [-0.3, -0.25) is 18.7 Å². The van der Waals surface area contributed by atoms with Gasteiger partial charge in [0.2, 0.25) is 0 Å². The molecule has 7 nitrogen and oxygen atoms in total. The Balaban J connectivity index is 1.89. The van der Waals surface area contributed by atoms with E-state index in [1.807, 2.05) is 24.3 Å². The molecular formula is C25H31N3O4. The van der Waals surface area contributed by atoms with Gasteiger partial charge in [0.1, 0.15) is 11.6 Å². The number of ether oxygens (including phenoxy) is 1. The second-order valence-corrected chi connectivity index (χ2v) is 9.63. The second kappa shape index (κ2) is 8.11. The second-order valence-electron chi connectivity index (χ2n) is 9.63. The maximum absolute atomic E-state index is 13.3. The predicted octanol–water partition coefficient (Wildman–Crippen LogP) is 3.46. The van der Waals surface area contributed by atoms with Crippen molar-refractivity contribution < 1.29 is 9.53 Å². The SMILES string of the molecule is CCCCOc1ccc([C@H]2C3=C(CC(C)(C)CC3=O)Nc3c2c(=O)n(C)c(=O)n3C)cc1. The van der Waals surface area contributed by atoms with Gasteiger partial charge in [-0.05, 0) is 36.0 Å². The number of allylic oxidation sites excluding steroid dienone is 2. The number of rotatable bonds is 5. The molecule has 0 bridgehead atoms. The first-order chi connectivity index (χ1) is 15.1. The molecule has 2 aliphatic rings. The lowest BCUT2D eigenvalue weighted by atomic mass is 9.69. The van der Waals surface area contributed by atoms with Crippen molar-refractivity contribution in [1.82, 2.24) is 9.13 Å². The molecule has 0 saturated heterocycles. The third-order valence-electron chi connectivity index (χ3n) is 6.45. The molecular weight excluding hydrogens is 406 g/mol. The average Bonchev–Trinajstić information content (AvgIpc) is 2.75. The number of anilines is 1. The number of nitrogens with zero attached hydrogens (tertiary/aromatic N) is 2. The Hall–Kier alpha value is -3.09. The molecule has 1 aromatic heterocycles. The first-order valence-electron chi connectivity index (χ1n) is 11.2. The van der Waals surface area contributed by atoms with Gasteiger partial charge in [0.05, 0.1) is 12.2 Å². The normalized spacial score (nSPS) is 19.3. The summed E-state index contributed by atoms with van der Waals surface area (Å²) in [7, 11) is 3.12. The number of benzene rings is 1. The van der Waals surface area contributed by atoms with Crippen molar-refractivity contribution >= 4 is 11.6 Å². The van der Waals surface area contributed by atoms with Crippen molar-refractivity contribution in [2.24, 2.45) is 19.5 Å². The van der Waals surface area contributed by atoms with E-state index in [1.54, 1.807) is 7.05 Å². The molecule has 0 radical (unpaired) electrons. The van der Waals surface area contributed by atoms with E-state index in [0.29, 0.717) is 36.4 Å². The van der Waals surface area contributed by atoms with Crippen LogP contribution in [0.1, 0.15) is 63.5 Å². The van der Waals surface area contributed by atoms with Crippen molar-refractivity contribution in [1.29, 1.82) is 0 Å². The van der Waals surface area contributed by atoms with Gasteiger partial charge in [0.25, 0.3) is 5.56 Å². The largest absolute Gasteiger partial charge is 0.494 e.